The Balaban J connectivity index is 0. The van der Waals surface area contributed by atoms with Gasteiger partial charge in [0.05, 0.1) is 0 Å². The first-order chi connectivity index (χ1) is 8.72. The van der Waals surface area contributed by atoms with Crippen molar-refractivity contribution >= 4 is 17.8 Å². The van der Waals surface area contributed by atoms with E-state index < -0.39 is 18.0 Å². The van der Waals surface area contributed by atoms with Crippen LogP contribution in [0.4, 0.5) is 0 Å². The highest BCUT2D eigenvalue weighted by molar-refractivity contribution is 5.76. The minimum absolute atomic E-state index is 0.0231. The molecular weight excluding hydrogens is 252 g/mol. The number of amides is 1. The van der Waals surface area contributed by atoms with Crippen molar-refractivity contribution in [2.24, 2.45) is 17.4 Å². The maximum atomic E-state index is 10.4. The van der Waals surface area contributed by atoms with Gasteiger partial charge in [-0.05, 0) is 12.8 Å². The summed E-state index contributed by atoms with van der Waals surface area (Å²) in [5, 5.41) is 16.3. The van der Waals surface area contributed by atoms with Crippen molar-refractivity contribution in [1.82, 2.24) is 0 Å². The lowest BCUT2D eigenvalue weighted by Crippen LogP contribution is -2.30. The molecule has 0 spiro atoms. The van der Waals surface area contributed by atoms with E-state index in [4.69, 9.17) is 21.7 Å². The van der Waals surface area contributed by atoms with Gasteiger partial charge in [0.1, 0.15) is 6.04 Å². The van der Waals surface area contributed by atoms with E-state index in [0.29, 0.717) is 0 Å². The number of carbonyl (C=O) groups is 3. The Kier molecular flexibility index (Phi) is 11.9. The van der Waals surface area contributed by atoms with Crippen molar-refractivity contribution in [2.75, 3.05) is 0 Å². The molecule has 0 aliphatic rings. The molecule has 6 N–H and O–H groups in total. The molecule has 0 aromatic heterocycles. The Bertz CT molecular complexity index is 294. The van der Waals surface area contributed by atoms with Gasteiger partial charge in [-0.3, -0.25) is 14.4 Å². The number of hydrogen-bond donors (Lipinski definition) is 4. The molecule has 2 atom stereocenters. The Labute approximate surface area is 113 Å². The van der Waals surface area contributed by atoms with Crippen LogP contribution in [-0.2, 0) is 14.4 Å². The zero-order chi connectivity index (χ0) is 15.4. The number of carboxylic acid groups (broad SMARTS) is 2. The standard InChI is InChI=1S/C7H15NO.C5H9NO4/c1-3-4-5-6(2)7(8)9;6-3(5(9)10)1-2-4(7)8/h6H,3-5H2,1-2H3,(H2,8,9);3H,1-2,6H2,(H,7,8)(H,9,10). The van der Waals surface area contributed by atoms with Crippen LogP contribution in [-0.4, -0.2) is 34.1 Å². The van der Waals surface area contributed by atoms with E-state index in [1.807, 2.05) is 6.92 Å². The Hall–Kier alpha value is -1.63. The number of rotatable bonds is 8. The molecule has 0 aromatic carbocycles. The van der Waals surface area contributed by atoms with Gasteiger partial charge in [0.2, 0.25) is 5.91 Å². The number of aliphatic carboxylic acids is 2. The number of nitrogens with two attached hydrogens (primary N) is 2. The van der Waals surface area contributed by atoms with Crippen LogP contribution in [0.1, 0.15) is 46.0 Å². The summed E-state index contributed by atoms with van der Waals surface area (Å²) < 4.78 is 0. The molecule has 0 rings (SSSR count). The molecule has 7 nitrogen and oxygen atoms in total. The van der Waals surface area contributed by atoms with E-state index >= 15 is 0 Å². The van der Waals surface area contributed by atoms with Gasteiger partial charge < -0.3 is 21.7 Å². The van der Waals surface area contributed by atoms with Crippen LogP contribution in [0.2, 0.25) is 0 Å². The highest BCUT2D eigenvalue weighted by Gasteiger charge is 2.12. The van der Waals surface area contributed by atoms with E-state index in [1.165, 1.54) is 0 Å². The quantitative estimate of drug-likeness (QED) is 0.510. The van der Waals surface area contributed by atoms with E-state index in [1.54, 1.807) is 0 Å². The molecular formula is C12H24N2O5. The molecule has 1 amide bonds. The Morgan fingerprint density at radius 3 is 2.00 bits per heavy atom. The smallest absolute Gasteiger partial charge is 0.320 e. The maximum absolute atomic E-state index is 10.4. The maximum Gasteiger partial charge on any atom is 0.320 e. The average molecular weight is 276 g/mol. The summed E-state index contributed by atoms with van der Waals surface area (Å²) >= 11 is 0. The van der Waals surface area contributed by atoms with Crippen molar-refractivity contribution in [3.63, 3.8) is 0 Å². The topological polar surface area (TPSA) is 144 Å². The average Bonchev–Trinajstić information content (AvgIpc) is 2.33. The number of primary amides is 1. The molecule has 0 fully saturated rings. The van der Waals surface area contributed by atoms with Crippen LogP contribution < -0.4 is 11.5 Å². The molecule has 0 aromatic rings. The minimum Gasteiger partial charge on any atom is -0.481 e. The Morgan fingerprint density at radius 2 is 1.68 bits per heavy atom. The summed E-state index contributed by atoms with van der Waals surface area (Å²) in [5.74, 6) is -2.31. The van der Waals surface area contributed by atoms with Crippen molar-refractivity contribution in [3.05, 3.63) is 0 Å². The second kappa shape index (κ2) is 11.5. The largest absolute Gasteiger partial charge is 0.481 e. The highest BCUT2D eigenvalue weighted by Crippen LogP contribution is 2.05. The van der Waals surface area contributed by atoms with Gasteiger partial charge in [0.25, 0.3) is 0 Å². The minimum atomic E-state index is -1.17. The van der Waals surface area contributed by atoms with Gasteiger partial charge in [-0.1, -0.05) is 26.7 Å². The summed E-state index contributed by atoms with van der Waals surface area (Å²) in [6.07, 6.45) is 2.95. The third-order valence-corrected chi connectivity index (χ3v) is 2.46. The second-order valence-corrected chi connectivity index (χ2v) is 4.32. The third-order valence-electron chi connectivity index (χ3n) is 2.46. The lowest BCUT2D eigenvalue weighted by atomic mass is 10.0. The number of hydrogen-bond acceptors (Lipinski definition) is 4. The number of carbonyl (C=O) groups excluding carboxylic acids is 1. The lowest BCUT2D eigenvalue weighted by molar-refractivity contribution is -0.139. The summed E-state index contributed by atoms with van der Waals surface area (Å²) in [4.78, 5) is 30.3. The van der Waals surface area contributed by atoms with E-state index in [-0.39, 0.29) is 24.7 Å². The zero-order valence-corrected chi connectivity index (χ0v) is 11.5. The van der Waals surface area contributed by atoms with Gasteiger partial charge in [0, 0.05) is 12.3 Å². The number of carboxylic acids is 2. The first-order valence-corrected chi connectivity index (χ1v) is 6.21. The van der Waals surface area contributed by atoms with Crippen LogP contribution in [0.25, 0.3) is 0 Å². The molecule has 0 radical (unpaired) electrons. The monoisotopic (exact) mass is 276 g/mol. The molecule has 0 aliphatic carbocycles. The van der Waals surface area contributed by atoms with Crippen LogP contribution in [0, 0.1) is 5.92 Å². The molecule has 7 heteroatoms. The predicted octanol–water partition coefficient (Wildman–Crippen LogP) is 0.561. The van der Waals surface area contributed by atoms with Crippen LogP contribution in [0.5, 0.6) is 0 Å². The van der Waals surface area contributed by atoms with Crippen LogP contribution in [0.3, 0.4) is 0 Å². The van der Waals surface area contributed by atoms with E-state index in [0.717, 1.165) is 19.3 Å². The summed E-state index contributed by atoms with van der Waals surface area (Å²) in [7, 11) is 0. The van der Waals surface area contributed by atoms with Gasteiger partial charge >= 0.3 is 11.9 Å². The number of unbranched alkanes of at least 4 members (excludes halogenated alkanes) is 1. The molecule has 0 bridgehead atoms. The van der Waals surface area contributed by atoms with Gasteiger partial charge in [-0.25, -0.2) is 0 Å². The first-order valence-electron chi connectivity index (χ1n) is 6.21. The SMILES string of the molecule is CCCCC(C)C(N)=O.NC(CCC(=O)O)C(=O)O. The van der Waals surface area contributed by atoms with E-state index in [9.17, 15) is 14.4 Å². The fraction of sp³-hybridized carbons (Fsp3) is 0.750. The van der Waals surface area contributed by atoms with Crippen molar-refractivity contribution in [3.8, 4) is 0 Å². The fourth-order valence-electron chi connectivity index (χ4n) is 1.06. The summed E-state index contributed by atoms with van der Waals surface area (Å²) in [5.41, 5.74) is 10.0. The molecule has 0 aliphatic heterocycles. The van der Waals surface area contributed by atoms with Crippen molar-refractivity contribution < 1.29 is 24.6 Å². The molecule has 0 saturated heterocycles. The molecule has 0 heterocycles. The van der Waals surface area contributed by atoms with Gasteiger partial charge in [-0.15, -0.1) is 0 Å². The first kappa shape index (κ1) is 19.7. The molecule has 0 saturated carbocycles. The van der Waals surface area contributed by atoms with Gasteiger partial charge in [0.15, 0.2) is 0 Å². The normalized spacial score (nSPS) is 12.8. The fourth-order valence-corrected chi connectivity index (χ4v) is 1.06. The van der Waals surface area contributed by atoms with Gasteiger partial charge in [-0.2, -0.15) is 0 Å². The predicted molar refractivity (Wildman–Crippen MR) is 70.4 cm³/mol. The van der Waals surface area contributed by atoms with Crippen LogP contribution in [0.15, 0.2) is 0 Å². The van der Waals surface area contributed by atoms with E-state index in [2.05, 4.69) is 6.92 Å². The van der Waals surface area contributed by atoms with Crippen LogP contribution >= 0.6 is 0 Å². The highest BCUT2D eigenvalue weighted by atomic mass is 16.4. The molecule has 2 unspecified atom stereocenters. The van der Waals surface area contributed by atoms with Crippen molar-refractivity contribution in [2.45, 2.75) is 52.0 Å². The lowest BCUT2D eigenvalue weighted by Gasteiger charge is -2.03. The molecule has 19 heavy (non-hydrogen) atoms. The third kappa shape index (κ3) is 14.3. The summed E-state index contributed by atoms with van der Waals surface area (Å²) in [6.45, 7) is 3.98. The second-order valence-electron chi connectivity index (χ2n) is 4.32. The zero-order valence-electron chi connectivity index (χ0n) is 11.5. The molecule has 112 valence electrons. The Morgan fingerprint density at radius 1 is 1.16 bits per heavy atom. The summed E-state index contributed by atoms with van der Waals surface area (Å²) in [6, 6.07) is -1.06. The van der Waals surface area contributed by atoms with Crippen molar-refractivity contribution in [1.29, 1.82) is 0 Å².